The fourth-order valence-corrected chi connectivity index (χ4v) is 4.07. The molecule has 0 fully saturated rings. The van der Waals surface area contributed by atoms with Gasteiger partial charge in [0.05, 0.1) is 12.7 Å². The maximum absolute atomic E-state index is 12.7. The number of hydrogen-bond donors (Lipinski definition) is 0. The van der Waals surface area contributed by atoms with Gasteiger partial charge in [-0.05, 0) is 65.9 Å². The SMILES string of the molecule is COC(=O)COc1ccc(SCCc2ccc(-c3ccc(C(F)(F)F)cc3)cc2)cc1C. The molecule has 0 aromatic heterocycles. The summed E-state index contributed by atoms with van der Waals surface area (Å²) in [4.78, 5) is 12.3. The molecule has 0 bridgehead atoms. The summed E-state index contributed by atoms with van der Waals surface area (Å²) < 4.78 is 48.1. The molecule has 32 heavy (non-hydrogen) atoms. The number of rotatable bonds is 8. The highest BCUT2D eigenvalue weighted by atomic mass is 32.2. The molecule has 3 aromatic carbocycles. The Hall–Kier alpha value is -2.93. The van der Waals surface area contributed by atoms with Gasteiger partial charge in [0.25, 0.3) is 0 Å². The second kappa shape index (κ2) is 10.6. The number of aryl methyl sites for hydroxylation is 2. The molecule has 0 aliphatic carbocycles. The lowest BCUT2D eigenvalue weighted by atomic mass is 10.0. The number of carbonyl (C=O) groups is 1. The summed E-state index contributed by atoms with van der Waals surface area (Å²) in [5.74, 6) is 1.10. The van der Waals surface area contributed by atoms with Crippen LogP contribution >= 0.6 is 11.8 Å². The van der Waals surface area contributed by atoms with Crippen LogP contribution < -0.4 is 4.74 Å². The largest absolute Gasteiger partial charge is 0.482 e. The summed E-state index contributed by atoms with van der Waals surface area (Å²) in [6.07, 6.45) is -3.47. The van der Waals surface area contributed by atoms with Crippen LogP contribution in [0.2, 0.25) is 0 Å². The summed E-state index contributed by atoms with van der Waals surface area (Å²) in [6.45, 7) is 1.81. The van der Waals surface area contributed by atoms with Gasteiger partial charge in [-0.25, -0.2) is 4.79 Å². The summed E-state index contributed by atoms with van der Waals surface area (Å²) in [5.41, 5.74) is 3.09. The standard InChI is InChI=1S/C25H23F3O3S/c1-17-15-22(11-12-23(17)31-16-24(29)30-2)32-14-13-18-3-5-19(6-4-18)20-7-9-21(10-8-20)25(26,27)28/h3-12,15H,13-14,16H2,1-2H3. The molecule has 3 rings (SSSR count). The van der Waals surface area contributed by atoms with Crippen LogP contribution in [0.3, 0.4) is 0 Å². The maximum atomic E-state index is 12.7. The number of halogens is 3. The molecule has 3 aromatic rings. The lowest BCUT2D eigenvalue weighted by molar-refractivity contribution is -0.143. The van der Waals surface area contributed by atoms with Crippen LogP contribution in [0.4, 0.5) is 13.2 Å². The zero-order valence-electron chi connectivity index (χ0n) is 17.7. The zero-order valence-corrected chi connectivity index (χ0v) is 18.6. The van der Waals surface area contributed by atoms with Crippen LogP contribution in [0.25, 0.3) is 11.1 Å². The molecule has 3 nitrogen and oxygen atoms in total. The van der Waals surface area contributed by atoms with Gasteiger partial charge >= 0.3 is 12.1 Å². The summed E-state index contributed by atoms with van der Waals surface area (Å²) >= 11 is 1.72. The molecular weight excluding hydrogens is 437 g/mol. The highest BCUT2D eigenvalue weighted by molar-refractivity contribution is 7.99. The third kappa shape index (κ3) is 6.53. The van der Waals surface area contributed by atoms with Crippen molar-refractivity contribution in [3.8, 4) is 16.9 Å². The van der Waals surface area contributed by atoms with Crippen molar-refractivity contribution in [1.29, 1.82) is 0 Å². The average Bonchev–Trinajstić information content (AvgIpc) is 2.78. The quantitative estimate of drug-likeness (QED) is 0.281. The Kier molecular flexibility index (Phi) is 7.85. The van der Waals surface area contributed by atoms with Crippen molar-refractivity contribution >= 4 is 17.7 Å². The fourth-order valence-electron chi connectivity index (χ4n) is 3.07. The van der Waals surface area contributed by atoms with Gasteiger partial charge < -0.3 is 9.47 Å². The molecule has 0 radical (unpaired) electrons. The van der Waals surface area contributed by atoms with Gasteiger partial charge in [-0.2, -0.15) is 13.2 Å². The minimum Gasteiger partial charge on any atom is -0.482 e. The Morgan fingerprint density at radius 3 is 2.12 bits per heavy atom. The van der Waals surface area contributed by atoms with E-state index in [1.54, 1.807) is 11.8 Å². The van der Waals surface area contributed by atoms with Crippen LogP contribution in [-0.2, 0) is 22.1 Å². The Labute approximate surface area is 189 Å². The zero-order chi connectivity index (χ0) is 23.1. The molecule has 0 N–H and O–H groups in total. The first-order chi connectivity index (χ1) is 15.3. The topological polar surface area (TPSA) is 35.5 Å². The number of hydrogen-bond acceptors (Lipinski definition) is 4. The summed E-state index contributed by atoms with van der Waals surface area (Å²) in [6, 6.07) is 18.9. The lowest BCUT2D eigenvalue weighted by Crippen LogP contribution is -2.12. The first-order valence-electron chi connectivity index (χ1n) is 9.96. The van der Waals surface area contributed by atoms with Crippen molar-refractivity contribution in [3.05, 3.63) is 83.4 Å². The van der Waals surface area contributed by atoms with E-state index in [9.17, 15) is 18.0 Å². The first kappa shape index (κ1) is 23.7. The average molecular weight is 461 g/mol. The van der Waals surface area contributed by atoms with E-state index in [2.05, 4.69) is 4.74 Å². The van der Waals surface area contributed by atoms with Crippen LogP contribution in [0.1, 0.15) is 16.7 Å². The summed E-state index contributed by atoms with van der Waals surface area (Å²) in [5, 5.41) is 0. The van der Waals surface area contributed by atoms with Gasteiger partial charge in [0.2, 0.25) is 0 Å². The predicted octanol–water partition coefficient (Wildman–Crippen LogP) is 6.57. The molecule has 168 valence electrons. The molecule has 0 amide bonds. The molecule has 0 spiro atoms. The number of carbonyl (C=O) groups excluding carboxylic acids is 1. The smallest absolute Gasteiger partial charge is 0.416 e. The van der Waals surface area contributed by atoms with Crippen molar-refractivity contribution < 1.29 is 27.4 Å². The number of esters is 1. The van der Waals surface area contributed by atoms with Crippen LogP contribution in [0.5, 0.6) is 5.75 Å². The Balaban J connectivity index is 1.52. The van der Waals surface area contributed by atoms with E-state index < -0.39 is 17.7 Å². The van der Waals surface area contributed by atoms with Crippen molar-refractivity contribution in [2.24, 2.45) is 0 Å². The molecule has 7 heteroatoms. The van der Waals surface area contributed by atoms with Gasteiger partial charge in [0.15, 0.2) is 6.61 Å². The van der Waals surface area contributed by atoms with Crippen molar-refractivity contribution in [2.75, 3.05) is 19.5 Å². The molecule has 0 aliphatic rings. The number of ether oxygens (including phenoxy) is 2. The maximum Gasteiger partial charge on any atom is 0.416 e. The number of alkyl halides is 3. The van der Waals surface area contributed by atoms with Crippen molar-refractivity contribution in [1.82, 2.24) is 0 Å². The predicted molar refractivity (Wildman–Crippen MR) is 120 cm³/mol. The molecule has 0 atom stereocenters. The Morgan fingerprint density at radius 1 is 0.938 bits per heavy atom. The second-order valence-corrected chi connectivity index (χ2v) is 8.33. The number of methoxy groups -OCH3 is 1. The van der Waals surface area contributed by atoms with Gasteiger partial charge in [-0.3, -0.25) is 0 Å². The molecule has 0 unspecified atom stereocenters. The third-order valence-electron chi connectivity index (χ3n) is 4.88. The van der Waals surface area contributed by atoms with E-state index in [0.29, 0.717) is 5.75 Å². The van der Waals surface area contributed by atoms with E-state index in [4.69, 9.17) is 4.74 Å². The first-order valence-corrected chi connectivity index (χ1v) is 10.9. The summed E-state index contributed by atoms with van der Waals surface area (Å²) in [7, 11) is 1.32. The van der Waals surface area contributed by atoms with E-state index in [-0.39, 0.29) is 6.61 Å². The van der Waals surface area contributed by atoms with E-state index in [0.717, 1.165) is 51.5 Å². The highest BCUT2D eigenvalue weighted by Gasteiger charge is 2.29. The molecule has 0 saturated carbocycles. The normalized spacial score (nSPS) is 11.3. The Morgan fingerprint density at radius 2 is 1.56 bits per heavy atom. The molecular formula is C25H23F3O3S. The molecule has 0 heterocycles. The molecule has 0 saturated heterocycles. The van der Waals surface area contributed by atoms with Crippen molar-refractivity contribution in [2.45, 2.75) is 24.4 Å². The minimum atomic E-state index is -4.32. The van der Waals surface area contributed by atoms with Gasteiger partial charge in [-0.15, -0.1) is 11.8 Å². The van der Waals surface area contributed by atoms with Gasteiger partial charge in [-0.1, -0.05) is 36.4 Å². The molecule has 0 aliphatic heterocycles. The van der Waals surface area contributed by atoms with Gasteiger partial charge in [0, 0.05) is 10.6 Å². The lowest BCUT2D eigenvalue weighted by Gasteiger charge is -2.10. The van der Waals surface area contributed by atoms with E-state index in [1.165, 1.54) is 19.2 Å². The van der Waals surface area contributed by atoms with Gasteiger partial charge in [0.1, 0.15) is 5.75 Å². The minimum absolute atomic E-state index is 0.119. The fraction of sp³-hybridized carbons (Fsp3) is 0.240. The van der Waals surface area contributed by atoms with Crippen molar-refractivity contribution in [3.63, 3.8) is 0 Å². The third-order valence-corrected chi connectivity index (χ3v) is 5.87. The highest BCUT2D eigenvalue weighted by Crippen LogP contribution is 2.31. The Bertz CT molecular complexity index is 1050. The monoisotopic (exact) mass is 460 g/mol. The van der Waals surface area contributed by atoms with Crippen LogP contribution in [-0.4, -0.2) is 25.4 Å². The van der Waals surface area contributed by atoms with E-state index in [1.807, 2.05) is 49.4 Å². The van der Waals surface area contributed by atoms with E-state index >= 15 is 0 Å². The number of benzene rings is 3. The second-order valence-electron chi connectivity index (χ2n) is 7.16. The van der Waals surface area contributed by atoms with Crippen LogP contribution in [0, 0.1) is 6.92 Å². The van der Waals surface area contributed by atoms with Crippen LogP contribution in [0.15, 0.2) is 71.6 Å². The number of thioether (sulfide) groups is 1.